The van der Waals surface area contributed by atoms with Crippen LogP contribution < -0.4 is 5.32 Å². The van der Waals surface area contributed by atoms with E-state index in [0.717, 1.165) is 37.2 Å². The maximum absolute atomic E-state index is 14.1. The van der Waals surface area contributed by atoms with Crippen LogP contribution in [0.2, 0.25) is 0 Å². The van der Waals surface area contributed by atoms with Gasteiger partial charge >= 0.3 is 0 Å². The first kappa shape index (κ1) is 35.6. The molecule has 0 radical (unpaired) electrons. The molecule has 0 saturated carbocycles. The summed E-state index contributed by atoms with van der Waals surface area (Å²) in [5.41, 5.74) is 3.08. The van der Waals surface area contributed by atoms with E-state index in [2.05, 4.69) is 22.4 Å². The van der Waals surface area contributed by atoms with E-state index in [1.807, 2.05) is 61.5 Å². The Bertz CT molecular complexity index is 1970. The molecule has 4 aromatic carbocycles. The lowest BCUT2D eigenvalue weighted by atomic mass is 9.91. The number of aliphatic hydroxyl groups excluding tert-OH is 1. The Morgan fingerprint density at radius 3 is 2.14 bits per heavy atom. The van der Waals surface area contributed by atoms with Gasteiger partial charge in [-0.2, -0.15) is 0 Å². The number of nitrogens with zero attached hydrogens (tertiary/aromatic N) is 2. The van der Waals surface area contributed by atoms with Crippen LogP contribution in [0.15, 0.2) is 77.1 Å². The molecule has 0 bridgehead atoms. The van der Waals surface area contributed by atoms with Crippen molar-refractivity contribution >= 4 is 29.0 Å². The van der Waals surface area contributed by atoms with Gasteiger partial charge in [-0.15, -0.1) is 10.2 Å². The predicted octanol–water partition coefficient (Wildman–Crippen LogP) is 8.22. The Hall–Kier alpha value is -4.21. The van der Waals surface area contributed by atoms with Crippen LogP contribution in [-0.2, 0) is 22.6 Å². The van der Waals surface area contributed by atoms with Gasteiger partial charge in [0.05, 0.1) is 18.8 Å². The minimum absolute atomic E-state index is 0.00987. The summed E-state index contributed by atoms with van der Waals surface area (Å²) in [4.78, 5) is 12.4. The van der Waals surface area contributed by atoms with Crippen molar-refractivity contribution in [3.63, 3.8) is 0 Å². The molecule has 260 valence electrons. The first-order chi connectivity index (χ1) is 24.0. The van der Waals surface area contributed by atoms with Crippen LogP contribution in [0.1, 0.15) is 56.9 Å². The zero-order chi connectivity index (χ0) is 35.5. The van der Waals surface area contributed by atoms with Crippen LogP contribution in [-0.4, -0.2) is 33.1 Å². The summed E-state index contributed by atoms with van der Waals surface area (Å²) in [6.45, 7) is 3.69. The summed E-state index contributed by atoms with van der Waals surface area (Å²) >= 11 is 3.10. The molecule has 7 nitrogen and oxygen atoms in total. The van der Waals surface area contributed by atoms with Gasteiger partial charge in [0, 0.05) is 23.8 Å². The van der Waals surface area contributed by atoms with Crippen molar-refractivity contribution in [2.24, 2.45) is 5.92 Å². The number of carbonyl (C=O) groups excluding carboxylic acids is 1. The third-order valence-corrected chi connectivity index (χ3v) is 10.4. The van der Waals surface area contributed by atoms with Gasteiger partial charge in [-0.1, -0.05) is 96.8 Å². The van der Waals surface area contributed by atoms with Crippen molar-refractivity contribution in [2.45, 2.75) is 49.8 Å². The zero-order valence-electron chi connectivity index (χ0n) is 26.6. The Morgan fingerprint density at radius 2 is 1.50 bits per heavy atom. The highest BCUT2D eigenvalue weighted by Gasteiger charge is 2.38. The summed E-state index contributed by atoms with van der Waals surface area (Å²) in [6, 6.07) is 22.1. The zero-order valence-corrected chi connectivity index (χ0v) is 28.3. The second kappa shape index (κ2) is 15.4. The molecule has 4 atom stereocenters. The normalized spacial score (nSPS) is 19.0. The van der Waals surface area contributed by atoms with Crippen molar-refractivity contribution in [2.75, 3.05) is 5.75 Å². The monoisotopic (exact) mass is 727 g/mol. The van der Waals surface area contributed by atoms with E-state index in [9.17, 15) is 31.9 Å². The van der Waals surface area contributed by atoms with Gasteiger partial charge in [-0.3, -0.25) is 4.79 Å². The molecule has 4 unspecified atom stereocenters. The summed E-state index contributed by atoms with van der Waals surface area (Å²) in [5.74, 6) is -11.9. The number of amides is 1. The van der Waals surface area contributed by atoms with Crippen LogP contribution in [0.3, 0.4) is 0 Å². The molecule has 0 aliphatic carbocycles. The van der Waals surface area contributed by atoms with E-state index in [-0.39, 0.29) is 31.3 Å². The van der Waals surface area contributed by atoms with Gasteiger partial charge in [-0.25, -0.2) is 22.0 Å². The van der Waals surface area contributed by atoms with Crippen LogP contribution in [0, 0.1) is 41.9 Å². The minimum Gasteiger partial charge on any atom is -0.392 e. The summed E-state index contributed by atoms with van der Waals surface area (Å²) in [7, 11) is 0. The fraction of sp³-hybridized carbons (Fsp3) is 0.250. The number of carbonyl (C=O) groups is 1. The topological polar surface area (TPSA) is 93.6 Å². The number of thioether (sulfide) groups is 1. The molecular formula is C36H30F5N3O4S2. The Morgan fingerprint density at radius 1 is 0.840 bits per heavy atom. The van der Waals surface area contributed by atoms with Crippen LogP contribution in [0.4, 0.5) is 22.0 Å². The van der Waals surface area contributed by atoms with Gasteiger partial charge in [0.1, 0.15) is 10.6 Å². The molecule has 1 aliphatic rings. The number of aryl methyl sites for hydroxylation is 1. The van der Waals surface area contributed by atoms with E-state index in [1.54, 1.807) is 30.0 Å². The largest absolute Gasteiger partial charge is 0.392 e. The lowest BCUT2D eigenvalue weighted by molar-refractivity contribution is -0.268. The van der Waals surface area contributed by atoms with Crippen molar-refractivity contribution in [1.29, 1.82) is 0 Å². The number of nitrogens with one attached hydrogen (secondary N) is 1. The first-order valence-electron chi connectivity index (χ1n) is 15.5. The Labute approximate surface area is 292 Å². The molecule has 1 saturated heterocycles. The molecule has 2 heterocycles. The van der Waals surface area contributed by atoms with Crippen LogP contribution >= 0.6 is 23.1 Å². The predicted molar refractivity (Wildman–Crippen MR) is 178 cm³/mol. The van der Waals surface area contributed by atoms with Crippen molar-refractivity contribution < 1.29 is 41.3 Å². The number of hydrogen-bond donors (Lipinski definition) is 2. The van der Waals surface area contributed by atoms with Gasteiger partial charge in [0.25, 0.3) is 5.91 Å². The van der Waals surface area contributed by atoms with Crippen LogP contribution in [0.25, 0.3) is 11.1 Å². The van der Waals surface area contributed by atoms with Gasteiger partial charge in [0.15, 0.2) is 33.9 Å². The van der Waals surface area contributed by atoms with E-state index in [0.29, 0.717) is 11.3 Å². The number of ether oxygens (including phenoxy) is 2. The van der Waals surface area contributed by atoms with E-state index in [1.165, 1.54) is 11.3 Å². The fourth-order valence-corrected chi connectivity index (χ4v) is 7.57. The molecule has 2 N–H and O–H groups in total. The first-order valence-corrected chi connectivity index (χ1v) is 17.3. The molecule has 5 aromatic rings. The maximum Gasteiger partial charge on any atom is 0.257 e. The molecule has 0 spiro atoms. The SMILES string of the molecule is Cc1nnc(SCC2OC(c3ccc(-c4cccc(CNC(=O)c5c(F)c(F)c(F)c(F)c5F)c4)cc3)OC(c3ccc(CO)cc3)C2C)s1. The third kappa shape index (κ3) is 7.59. The standard InChI is InChI=1S/C36H30F5N3O4S2/c1-18-26(17-49-36-44-43-19(2)50-36)47-35(48-33(18)23-8-6-20(16-45)7-9-23)24-12-10-22(11-13-24)25-5-3-4-21(14-25)15-42-34(46)27-28(37)30(39)32(41)31(40)29(27)38/h3-14,18,26,33,35,45H,15-17H2,1-2H3,(H,42,46). The van der Waals surface area contributed by atoms with Crippen molar-refractivity contribution in [3.05, 3.63) is 135 Å². The summed E-state index contributed by atoms with van der Waals surface area (Å²) in [5, 5.41) is 21.0. The van der Waals surface area contributed by atoms with Crippen molar-refractivity contribution in [3.8, 4) is 11.1 Å². The molecular weight excluding hydrogens is 698 g/mol. The van der Waals surface area contributed by atoms with Gasteiger partial charge in [-0.05, 0) is 40.8 Å². The van der Waals surface area contributed by atoms with E-state index in [4.69, 9.17) is 9.47 Å². The van der Waals surface area contributed by atoms with E-state index >= 15 is 0 Å². The summed E-state index contributed by atoms with van der Waals surface area (Å²) < 4.78 is 82.7. The minimum atomic E-state index is -2.34. The quantitative estimate of drug-likeness (QED) is 0.0649. The van der Waals surface area contributed by atoms with Crippen LogP contribution in [0.5, 0.6) is 0 Å². The average molecular weight is 728 g/mol. The number of benzene rings is 4. The fourth-order valence-electron chi connectivity index (χ4n) is 5.57. The number of halogens is 5. The van der Waals surface area contributed by atoms with Gasteiger partial charge in [0.2, 0.25) is 5.82 Å². The molecule has 1 fully saturated rings. The third-order valence-electron chi connectivity index (χ3n) is 8.34. The molecule has 1 amide bonds. The second-order valence-corrected chi connectivity index (χ2v) is 14.1. The molecule has 1 aliphatic heterocycles. The number of hydrogen-bond acceptors (Lipinski definition) is 8. The maximum atomic E-state index is 14.1. The Kier molecular flexibility index (Phi) is 10.9. The Balaban J connectivity index is 1.18. The highest BCUT2D eigenvalue weighted by atomic mass is 32.2. The summed E-state index contributed by atoms with van der Waals surface area (Å²) in [6.07, 6.45) is -1.17. The molecule has 14 heteroatoms. The lowest BCUT2D eigenvalue weighted by Gasteiger charge is -2.41. The van der Waals surface area contributed by atoms with E-state index < -0.39 is 46.8 Å². The van der Waals surface area contributed by atoms with Gasteiger partial charge < -0.3 is 19.9 Å². The number of aromatic nitrogens is 2. The highest BCUT2D eigenvalue weighted by Crippen LogP contribution is 2.43. The highest BCUT2D eigenvalue weighted by molar-refractivity contribution is 8.01. The second-order valence-electron chi connectivity index (χ2n) is 11.7. The number of rotatable bonds is 10. The smallest absolute Gasteiger partial charge is 0.257 e. The molecule has 50 heavy (non-hydrogen) atoms. The molecule has 1 aromatic heterocycles. The van der Waals surface area contributed by atoms with Crippen molar-refractivity contribution in [1.82, 2.24) is 15.5 Å². The lowest BCUT2D eigenvalue weighted by Crippen LogP contribution is -2.38. The number of aliphatic hydroxyl groups is 1. The average Bonchev–Trinajstić information content (AvgIpc) is 3.56. The molecule has 6 rings (SSSR count).